The number of hydrogen-bond acceptors (Lipinski definition) is 6. The van der Waals surface area contributed by atoms with E-state index in [2.05, 4.69) is 5.10 Å². The van der Waals surface area contributed by atoms with Crippen molar-refractivity contribution in [3.63, 3.8) is 0 Å². The van der Waals surface area contributed by atoms with E-state index in [1.54, 1.807) is 32.0 Å². The summed E-state index contributed by atoms with van der Waals surface area (Å²) in [7, 11) is 0. The number of carbonyl (C=O) groups excluding carboxylic acids is 3. The Morgan fingerprint density at radius 3 is 2.34 bits per heavy atom. The summed E-state index contributed by atoms with van der Waals surface area (Å²) in [5.74, 6) is -3.79. The number of carbonyl (C=O) groups is 3. The zero-order chi connectivity index (χ0) is 22.8. The molecule has 0 spiro atoms. The van der Waals surface area contributed by atoms with Crippen LogP contribution in [-0.2, 0) is 19.1 Å². The number of hydrogen-bond donors (Lipinski definition) is 0. The fraction of sp³-hybridized carbons (Fsp3) is 0.333. The van der Waals surface area contributed by atoms with Gasteiger partial charge in [-0.2, -0.15) is 5.10 Å². The van der Waals surface area contributed by atoms with E-state index >= 15 is 0 Å². The van der Waals surface area contributed by atoms with Crippen molar-refractivity contribution in [2.75, 3.05) is 4.90 Å². The molecule has 2 saturated heterocycles. The maximum Gasteiger partial charge on any atom is 0.331 e. The number of anilines is 1. The second-order valence-corrected chi connectivity index (χ2v) is 9.22. The predicted molar refractivity (Wildman–Crippen MR) is 114 cm³/mol. The third-order valence-corrected chi connectivity index (χ3v) is 6.03. The van der Waals surface area contributed by atoms with Gasteiger partial charge in [0.1, 0.15) is 11.4 Å². The maximum absolute atomic E-state index is 13.6. The molecule has 2 aromatic rings. The highest BCUT2D eigenvalue weighted by molar-refractivity contribution is 6.23. The first-order valence-corrected chi connectivity index (χ1v) is 10.4. The molecule has 0 aliphatic carbocycles. The minimum absolute atomic E-state index is 0.276. The molecule has 3 heterocycles. The van der Waals surface area contributed by atoms with Gasteiger partial charge in [-0.05, 0) is 56.2 Å². The Kier molecular flexibility index (Phi) is 4.44. The van der Waals surface area contributed by atoms with Crippen molar-refractivity contribution in [2.24, 2.45) is 16.9 Å². The highest BCUT2D eigenvalue weighted by Gasteiger charge is 2.66. The number of amides is 2. The minimum Gasteiger partial charge on any atom is -0.458 e. The average Bonchev–Trinajstić information content (AvgIpc) is 3.21. The number of halogens is 1. The Morgan fingerprint density at radius 1 is 1.00 bits per heavy atom. The van der Waals surface area contributed by atoms with Crippen LogP contribution in [0.5, 0.6) is 0 Å². The third-order valence-electron chi connectivity index (χ3n) is 6.03. The molecule has 4 atom stereocenters. The second kappa shape index (κ2) is 6.98. The number of nitrogens with zero attached hydrogens (tertiary/aromatic N) is 3. The van der Waals surface area contributed by atoms with Crippen molar-refractivity contribution in [2.45, 2.75) is 38.5 Å². The van der Waals surface area contributed by atoms with Crippen molar-refractivity contribution in [3.05, 3.63) is 65.5 Å². The van der Waals surface area contributed by atoms with Crippen molar-refractivity contribution in [1.29, 1.82) is 0 Å². The van der Waals surface area contributed by atoms with Crippen LogP contribution in [-0.4, -0.2) is 40.7 Å². The van der Waals surface area contributed by atoms with E-state index in [0.717, 1.165) is 16.0 Å². The molecule has 0 saturated carbocycles. The predicted octanol–water partition coefficient (Wildman–Crippen LogP) is 3.05. The summed E-state index contributed by atoms with van der Waals surface area (Å²) < 4.78 is 19.1. The number of hydrazone groups is 1. The zero-order valence-corrected chi connectivity index (χ0v) is 17.9. The van der Waals surface area contributed by atoms with Crippen LogP contribution in [0.25, 0.3) is 0 Å². The summed E-state index contributed by atoms with van der Waals surface area (Å²) in [6.45, 7) is 5.24. The van der Waals surface area contributed by atoms with Gasteiger partial charge in [-0.3, -0.25) is 14.6 Å². The van der Waals surface area contributed by atoms with Gasteiger partial charge in [0.2, 0.25) is 11.8 Å². The molecule has 32 heavy (non-hydrogen) atoms. The van der Waals surface area contributed by atoms with Crippen molar-refractivity contribution < 1.29 is 23.5 Å². The average molecular weight is 435 g/mol. The first kappa shape index (κ1) is 20.4. The zero-order valence-electron chi connectivity index (χ0n) is 17.9. The largest absolute Gasteiger partial charge is 0.458 e. The molecule has 2 aromatic carbocycles. The number of imide groups is 1. The molecular weight excluding hydrogens is 413 g/mol. The molecular formula is C24H22FN3O4. The van der Waals surface area contributed by atoms with Gasteiger partial charge >= 0.3 is 5.97 Å². The lowest BCUT2D eigenvalue weighted by atomic mass is 9.85. The van der Waals surface area contributed by atoms with E-state index in [-0.39, 0.29) is 5.69 Å². The van der Waals surface area contributed by atoms with Crippen LogP contribution in [0.1, 0.15) is 37.9 Å². The number of ether oxygens (including phenoxy) is 1. The second-order valence-electron chi connectivity index (χ2n) is 9.22. The molecule has 0 N–H and O–H groups in total. The molecule has 7 nitrogen and oxygen atoms in total. The van der Waals surface area contributed by atoms with Crippen LogP contribution >= 0.6 is 0 Å². The summed E-state index contributed by atoms with van der Waals surface area (Å²) in [5.41, 5.74) is 1.16. The molecule has 0 bridgehead atoms. The number of rotatable bonds is 2. The molecule has 3 aliphatic rings. The molecule has 164 valence electrons. The van der Waals surface area contributed by atoms with Crippen molar-refractivity contribution in [1.82, 2.24) is 5.01 Å². The first-order chi connectivity index (χ1) is 15.2. The standard InChI is InChI=1S/C24H22FN3O4/c1-24(2,3)32-23(31)20-18-17(19-16-7-5-4-6-13(16)12-26-28(19)20)21(29)27(22(18)30)15-10-8-14(25)9-11-15/h4-12,17-20H,1-3H3/t17-,18-,19+,20+/m0/s1. The Bertz CT molecular complexity index is 1150. The molecule has 0 unspecified atom stereocenters. The molecule has 2 amide bonds. The van der Waals surface area contributed by atoms with Crippen LogP contribution in [0.4, 0.5) is 10.1 Å². The van der Waals surface area contributed by atoms with Crippen molar-refractivity contribution >= 4 is 29.7 Å². The van der Waals surface area contributed by atoms with E-state index in [4.69, 9.17) is 4.74 Å². The van der Waals surface area contributed by atoms with Gasteiger partial charge in [0.25, 0.3) is 0 Å². The SMILES string of the molecule is CC(C)(C)OC(=O)[C@H]1[C@H]2C(=O)N(c3ccc(F)cc3)C(=O)[C@@H]2[C@H]2c3ccccc3C=NN21. The maximum atomic E-state index is 13.6. The van der Waals surface area contributed by atoms with Gasteiger partial charge in [0.15, 0.2) is 6.04 Å². The number of esters is 1. The highest BCUT2D eigenvalue weighted by Crippen LogP contribution is 2.52. The summed E-state index contributed by atoms with van der Waals surface area (Å²) in [5, 5.41) is 6.01. The summed E-state index contributed by atoms with van der Waals surface area (Å²) in [4.78, 5) is 41.4. The summed E-state index contributed by atoms with van der Waals surface area (Å²) in [6, 6.07) is 11.0. The fourth-order valence-electron chi connectivity index (χ4n) is 4.85. The Balaban J connectivity index is 1.62. The van der Waals surface area contributed by atoms with E-state index in [9.17, 15) is 18.8 Å². The lowest BCUT2D eigenvalue weighted by molar-refractivity contribution is -0.163. The number of benzene rings is 2. The molecule has 8 heteroatoms. The van der Waals surface area contributed by atoms with Gasteiger partial charge in [0, 0.05) is 0 Å². The van der Waals surface area contributed by atoms with Crippen LogP contribution < -0.4 is 4.90 Å². The molecule has 5 rings (SSSR count). The fourth-order valence-corrected chi connectivity index (χ4v) is 4.85. The minimum atomic E-state index is -1.05. The molecule has 3 aliphatic heterocycles. The topological polar surface area (TPSA) is 79.3 Å². The van der Waals surface area contributed by atoms with Gasteiger partial charge in [-0.25, -0.2) is 14.1 Å². The van der Waals surface area contributed by atoms with Crippen molar-refractivity contribution in [3.8, 4) is 0 Å². The van der Waals surface area contributed by atoms with Crippen LogP contribution in [0.2, 0.25) is 0 Å². The van der Waals surface area contributed by atoms with Gasteiger partial charge < -0.3 is 4.74 Å². The van der Waals surface area contributed by atoms with Gasteiger partial charge in [-0.1, -0.05) is 24.3 Å². The lowest BCUT2D eigenvalue weighted by Gasteiger charge is -2.34. The lowest BCUT2D eigenvalue weighted by Crippen LogP contribution is -2.46. The first-order valence-electron chi connectivity index (χ1n) is 10.4. The Labute approximate surface area is 184 Å². The third kappa shape index (κ3) is 3.01. The van der Waals surface area contributed by atoms with E-state index in [1.807, 2.05) is 24.3 Å². The Hall–Kier alpha value is -3.55. The van der Waals surface area contributed by atoms with E-state index < -0.39 is 53.1 Å². The van der Waals surface area contributed by atoms with Crippen LogP contribution in [0.3, 0.4) is 0 Å². The van der Waals surface area contributed by atoms with Crippen LogP contribution in [0.15, 0.2) is 53.6 Å². The highest BCUT2D eigenvalue weighted by atomic mass is 19.1. The van der Waals surface area contributed by atoms with E-state index in [0.29, 0.717) is 0 Å². The van der Waals surface area contributed by atoms with E-state index in [1.165, 1.54) is 24.3 Å². The molecule has 0 radical (unpaired) electrons. The quantitative estimate of drug-likeness (QED) is 0.535. The van der Waals surface area contributed by atoms with Crippen LogP contribution in [0, 0.1) is 17.7 Å². The van der Waals surface area contributed by atoms with Gasteiger partial charge in [-0.15, -0.1) is 0 Å². The number of fused-ring (bicyclic) bond motifs is 5. The smallest absolute Gasteiger partial charge is 0.331 e. The molecule has 0 aromatic heterocycles. The Morgan fingerprint density at radius 2 is 1.66 bits per heavy atom. The molecule has 2 fully saturated rings. The monoisotopic (exact) mass is 435 g/mol. The summed E-state index contributed by atoms with van der Waals surface area (Å²) >= 11 is 0. The summed E-state index contributed by atoms with van der Waals surface area (Å²) in [6.07, 6.45) is 1.64. The van der Waals surface area contributed by atoms with Gasteiger partial charge in [0.05, 0.1) is 29.8 Å². The normalized spacial score (nSPS) is 26.1.